The highest BCUT2D eigenvalue weighted by molar-refractivity contribution is 6.11. The molecule has 0 aliphatic carbocycles. The van der Waals surface area contributed by atoms with Gasteiger partial charge >= 0.3 is 0 Å². The molecule has 0 saturated heterocycles. The molecule has 0 spiro atoms. The molecule has 0 unspecified atom stereocenters. The highest BCUT2D eigenvalue weighted by atomic mass is 19.1. The van der Waals surface area contributed by atoms with Gasteiger partial charge < -0.3 is 0 Å². The van der Waals surface area contributed by atoms with Gasteiger partial charge in [-0.3, -0.25) is 4.79 Å². The summed E-state index contributed by atoms with van der Waals surface area (Å²) < 4.78 is 12.8. The third-order valence-corrected chi connectivity index (χ3v) is 2.41. The number of halogens is 1. The number of azide groups is 1. The lowest BCUT2D eigenvalue weighted by molar-refractivity contribution is 0.103. The third kappa shape index (κ3) is 2.36. The zero-order chi connectivity index (χ0) is 13.0. The lowest BCUT2D eigenvalue weighted by Gasteiger charge is -2.04. The van der Waals surface area contributed by atoms with Crippen molar-refractivity contribution in [3.05, 3.63) is 75.9 Å². The summed E-state index contributed by atoms with van der Waals surface area (Å²) in [4.78, 5) is 14.8. The topological polar surface area (TPSA) is 65.8 Å². The van der Waals surface area contributed by atoms with Crippen LogP contribution in [0.4, 0.5) is 10.1 Å². The van der Waals surface area contributed by atoms with Crippen LogP contribution in [0.3, 0.4) is 0 Å². The van der Waals surface area contributed by atoms with Gasteiger partial charge in [0.15, 0.2) is 5.78 Å². The monoisotopic (exact) mass is 241 g/mol. The van der Waals surface area contributed by atoms with E-state index < -0.39 is 5.82 Å². The molecule has 5 heteroatoms. The summed E-state index contributed by atoms with van der Waals surface area (Å²) in [5.74, 6) is -0.715. The van der Waals surface area contributed by atoms with Crippen LogP contribution in [-0.2, 0) is 0 Å². The van der Waals surface area contributed by atoms with E-state index in [1.807, 2.05) is 0 Å². The molecule has 88 valence electrons. The second-order valence-corrected chi connectivity index (χ2v) is 3.54. The zero-order valence-electron chi connectivity index (χ0n) is 9.25. The first-order valence-electron chi connectivity index (χ1n) is 5.17. The summed E-state index contributed by atoms with van der Waals surface area (Å²) in [6.07, 6.45) is 0. The predicted molar refractivity (Wildman–Crippen MR) is 65.1 cm³/mol. The van der Waals surface area contributed by atoms with Crippen LogP contribution in [-0.4, -0.2) is 5.78 Å². The molecule has 18 heavy (non-hydrogen) atoms. The van der Waals surface area contributed by atoms with Crippen LogP contribution in [0.1, 0.15) is 15.9 Å². The van der Waals surface area contributed by atoms with Crippen molar-refractivity contribution in [2.24, 2.45) is 5.11 Å². The molecule has 0 fully saturated rings. The van der Waals surface area contributed by atoms with E-state index in [9.17, 15) is 9.18 Å². The van der Waals surface area contributed by atoms with Gasteiger partial charge in [0.25, 0.3) is 0 Å². The first-order chi connectivity index (χ1) is 8.72. The first-order valence-corrected chi connectivity index (χ1v) is 5.17. The maximum atomic E-state index is 12.8. The summed E-state index contributed by atoms with van der Waals surface area (Å²) in [7, 11) is 0. The minimum Gasteiger partial charge on any atom is -0.289 e. The average molecular weight is 241 g/mol. The molecule has 0 radical (unpaired) electrons. The fourth-order valence-electron chi connectivity index (χ4n) is 1.56. The molecule has 0 amide bonds. The molecule has 0 aromatic heterocycles. The Morgan fingerprint density at radius 3 is 2.44 bits per heavy atom. The van der Waals surface area contributed by atoms with Crippen molar-refractivity contribution in [2.45, 2.75) is 0 Å². The molecule has 2 aromatic carbocycles. The number of rotatable bonds is 3. The number of carbonyl (C=O) groups is 1. The van der Waals surface area contributed by atoms with E-state index in [1.165, 1.54) is 24.3 Å². The second kappa shape index (κ2) is 5.12. The van der Waals surface area contributed by atoms with Crippen LogP contribution < -0.4 is 0 Å². The lowest BCUT2D eigenvalue weighted by atomic mass is 10.0. The molecule has 2 rings (SSSR count). The fraction of sp³-hybridized carbons (Fsp3) is 0. The highest BCUT2D eigenvalue weighted by Gasteiger charge is 2.12. The van der Waals surface area contributed by atoms with Gasteiger partial charge in [0, 0.05) is 21.7 Å². The Hall–Kier alpha value is -2.65. The van der Waals surface area contributed by atoms with Gasteiger partial charge in [-0.05, 0) is 29.8 Å². The average Bonchev–Trinajstić information content (AvgIpc) is 2.40. The summed E-state index contributed by atoms with van der Waals surface area (Å²) in [6.45, 7) is 0. The molecular weight excluding hydrogens is 233 g/mol. The van der Waals surface area contributed by atoms with Crippen molar-refractivity contribution >= 4 is 11.5 Å². The highest BCUT2D eigenvalue weighted by Crippen LogP contribution is 2.22. The molecule has 0 N–H and O–H groups in total. The number of ketones is 1. The Kier molecular flexibility index (Phi) is 3.36. The van der Waals surface area contributed by atoms with E-state index >= 15 is 0 Å². The maximum Gasteiger partial charge on any atom is 0.193 e. The number of carbonyl (C=O) groups excluding carboxylic acids is 1. The molecule has 4 nitrogen and oxygen atoms in total. The SMILES string of the molecule is [N-]=[N+]=Nc1ccccc1C(=O)c1ccc(F)cc1. The van der Waals surface area contributed by atoms with Gasteiger partial charge in [-0.2, -0.15) is 0 Å². The van der Waals surface area contributed by atoms with Crippen molar-refractivity contribution in [3.8, 4) is 0 Å². The normalized spacial score (nSPS) is 9.61. The molecule has 0 bridgehead atoms. The van der Waals surface area contributed by atoms with Crippen molar-refractivity contribution in [2.75, 3.05) is 0 Å². The molecule has 2 aromatic rings. The minimum absolute atomic E-state index is 0.259. The van der Waals surface area contributed by atoms with Crippen LogP contribution >= 0.6 is 0 Å². The van der Waals surface area contributed by atoms with Crippen LogP contribution in [0.15, 0.2) is 53.6 Å². The second-order valence-electron chi connectivity index (χ2n) is 3.54. The predicted octanol–water partition coefficient (Wildman–Crippen LogP) is 4.00. The van der Waals surface area contributed by atoms with E-state index in [1.54, 1.807) is 24.3 Å². The number of nitrogens with zero attached hydrogens (tertiary/aromatic N) is 3. The minimum atomic E-state index is -0.408. The van der Waals surface area contributed by atoms with Crippen molar-refractivity contribution in [3.63, 3.8) is 0 Å². The standard InChI is InChI=1S/C13H8FN3O/c14-10-7-5-9(6-8-10)13(18)11-3-1-2-4-12(11)16-17-15/h1-8H. The van der Waals surface area contributed by atoms with Gasteiger partial charge in [0.05, 0.1) is 0 Å². The van der Waals surface area contributed by atoms with Gasteiger partial charge in [-0.25, -0.2) is 4.39 Å². The third-order valence-electron chi connectivity index (χ3n) is 2.41. The van der Waals surface area contributed by atoms with Gasteiger partial charge in [0.1, 0.15) is 5.82 Å². The Morgan fingerprint density at radius 1 is 1.11 bits per heavy atom. The lowest BCUT2D eigenvalue weighted by Crippen LogP contribution is -2.01. The van der Waals surface area contributed by atoms with E-state index in [4.69, 9.17) is 5.53 Å². The first kappa shape index (κ1) is 11.8. The Bertz CT molecular complexity index is 631. The van der Waals surface area contributed by atoms with Crippen molar-refractivity contribution in [1.82, 2.24) is 0 Å². The molecule has 0 heterocycles. The summed E-state index contributed by atoms with van der Waals surface area (Å²) in [5, 5.41) is 3.46. The van der Waals surface area contributed by atoms with Gasteiger partial charge in [0.2, 0.25) is 0 Å². The van der Waals surface area contributed by atoms with Crippen molar-refractivity contribution in [1.29, 1.82) is 0 Å². The Morgan fingerprint density at radius 2 is 1.78 bits per heavy atom. The number of hydrogen-bond donors (Lipinski definition) is 0. The van der Waals surface area contributed by atoms with Crippen LogP contribution in [0.5, 0.6) is 0 Å². The van der Waals surface area contributed by atoms with E-state index in [-0.39, 0.29) is 11.5 Å². The van der Waals surface area contributed by atoms with Gasteiger partial charge in [-0.1, -0.05) is 29.4 Å². The quantitative estimate of drug-likeness (QED) is 0.346. The zero-order valence-corrected chi connectivity index (χ0v) is 9.25. The molecule has 0 saturated carbocycles. The van der Waals surface area contributed by atoms with E-state index in [2.05, 4.69) is 10.0 Å². The largest absolute Gasteiger partial charge is 0.289 e. The van der Waals surface area contributed by atoms with Crippen LogP contribution in [0.2, 0.25) is 0 Å². The van der Waals surface area contributed by atoms with Crippen LogP contribution in [0, 0.1) is 5.82 Å². The molecule has 0 aliphatic rings. The number of benzene rings is 2. The summed E-state index contributed by atoms with van der Waals surface area (Å²) in [6, 6.07) is 11.7. The molecule has 0 atom stereocenters. The fourth-order valence-corrected chi connectivity index (χ4v) is 1.56. The summed E-state index contributed by atoms with van der Waals surface area (Å²) in [5.41, 5.74) is 9.33. The molecular formula is C13H8FN3O. The van der Waals surface area contributed by atoms with E-state index in [0.717, 1.165) is 0 Å². The van der Waals surface area contributed by atoms with Crippen molar-refractivity contribution < 1.29 is 9.18 Å². The smallest absolute Gasteiger partial charge is 0.193 e. The molecule has 0 aliphatic heterocycles. The number of hydrogen-bond acceptors (Lipinski definition) is 2. The Balaban J connectivity index is 2.46. The van der Waals surface area contributed by atoms with E-state index in [0.29, 0.717) is 11.1 Å². The van der Waals surface area contributed by atoms with Crippen LogP contribution in [0.25, 0.3) is 10.4 Å². The van der Waals surface area contributed by atoms with Gasteiger partial charge in [-0.15, -0.1) is 0 Å². The maximum absolute atomic E-state index is 12.8. The summed E-state index contributed by atoms with van der Waals surface area (Å²) >= 11 is 0. The Labute approximate surface area is 102 Å².